The number of hydrogen-bond donors (Lipinski definition) is 2. The van der Waals surface area contributed by atoms with Crippen LogP contribution in [0.4, 0.5) is 10.5 Å². The molecule has 5 nitrogen and oxygen atoms in total. The molecule has 1 aromatic rings. The highest BCUT2D eigenvalue weighted by Crippen LogP contribution is 2.25. The van der Waals surface area contributed by atoms with Crippen molar-refractivity contribution in [3.05, 3.63) is 28.7 Å². The molecular weight excluding hydrogens is 312 g/mol. The molecule has 2 amide bonds. The van der Waals surface area contributed by atoms with E-state index < -0.39 is 11.9 Å². The van der Waals surface area contributed by atoms with Crippen molar-refractivity contribution >= 4 is 33.6 Å². The number of anilines is 1. The number of carbonyl (C=O) groups is 2. The molecule has 2 atom stereocenters. The van der Waals surface area contributed by atoms with Gasteiger partial charge in [0.05, 0.1) is 5.92 Å². The van der Waals surface area contributed by atoms with Crippen molar-refractivity contribution in [1.82, 2.24) is 4.90 Å². The standard InChI is InChI=1S/C13H15BrN2O3/c1-8-11(12(17)18)6-7-16(8)13(19)15-10-4-2-9(14)3-5-10/h2-5,8,11H,6-7H2,1H3,(H,15,19)(H,17,18). The Labute approximate surface area is 119 Å². The van der Waals surface area contributed by atoms with Crippen LogP contribution in [0.5, 0.6) is 0 Å². The molecule has 2 rings (SSSR count). The van der Waals surface area contributed by atoms with Crippen molar-refractivity contribution in [2.45, 2.75) is 19.4 Å². The number of likely N-dealkylation sites (tertiary alicyclic amines) is 1. The summed E-state index contributed by atoms with van der Waals surface area (Å²) in [6.45, 7) is 2.24. The molecule has 1 aliphatic rings. The summed E-state index contributed by atoms with van der Waals surface area (Å²) in [4.78, 5) is 24.7. The number of halogens is 1. The first-order chi connectivity index (χ1) is 8.99. The predicted octanol–water partition coefficient (Wildman–Crippen LogP) is 2.78. The molecule has 6 heteroatoms. The van der Waals surface area contributed by atoms with Crippen molar-refractivity contribution in [2.24, 2.45) is 5.92 Å². The minimum Gasteiger partial charge on any atom is -0.481 e. The minimum absolute atomic E-state index is 0.251. The van der Waals surface area contributed by atoms with Crippen molar-refractivity contribution < 1.29 is 14.7 Å². The van der Waals surface area contributed by atoms with Gasteiger partial charge in [0.25, 0.3) is 0 Å². The highest BCUT2D eigenvalue weighted by molar-refractivity contribution is 9.10. The van der Waals surface area contributed by atoms with Crippen LogP contribution in [0.2, 0.25) is 0 Å². The lowest BCUT2D eigenvalue weighted by molar-refractivity contribution is -0.142. The Hall–Kier alpha value is -1.56. The number of urea groups is 1. The normalized spacial score (nSPS) is 22.3. The van der Waals surface area contributed by atoms with E-state index in [1.54, 1.807) is 24.0 Å². The molecule has 1 fully saturated rings. The molecule has 0 saturated carbocycles. The Morgan fingerprint density at radius 1 is 1.37 bits per heavy atom. The van der Waals surface area contributed by atoms with Crippen molar-refractivity contribution in [2.75, 3.05) is 11.9 Å². The van der Waals surface area contributed by atoms with E-state index in [0.717, 1.165) is 4.47 Å². The van der Waals surface area contributed by atoms with Crippen LogP contribution in [0.15, 0.2) is 28.7 Å². The zero-order valence-corrected chi connectivity index (χ0v) is 12.1. The van der Waals surface area contributed by atoms with Gasteiger partial charge < -0.3 is 15.3 Å². The highest BCUT2D eigenvalue weighted by atomic mass is 79.9. The predicted molar refractivity (Wildman–Crippen MR) is 75.1 cm³/mol. The van der Waals surface area contributed by atoms with E-state index in [4.69, 9.17) is 5.11 Å². The molecular formula is C13H15BrN2O3. The maximum Gasteiger partial charge on any atom is 0.322 e. The maximum atomic E-state index is 12.1. The van der Waals surface area contributed by atoms with E-state index in [0.29, 0.717) is 18.7 Å². The van der Waals surface area contributed by atoms with Gasteiger partial charge in [0.2, 0.25) is 0 Å². The smallest absolute Gasteiger partial charge is 0.322 e. The van der Waals surface area contributed by atoms with Crippen LogP contribution in [-0.4, -0.2) is 34.6 Å². The Kier molecular flexibility index (Phi) is 4.09. The van der Waals surface area contributed by atoms with Crippen LogP contribution in [0.1, 0.15) is 13.3 Å². The number of aliphatic carboxylic acids is 1. The molecule has 1 aliphatic heterocycles. The van der Waals surface area contributed by atoms with Gasteiger partial charge in [0.1, 0.15) is 0 Å². The third-order valence-electron chi connectivity index (χ3n) is 3.43. The zero-order chi connectivity index (χ0) is 14.0. The average molecular weight is 327 g/mol. The van der Waals surface area contributed by atoms with Crippen LogP contribution in [0.3, 0.4) is 0 Å². The lowest BCUT2D eigenvalue weighted by Gasteiger charge is -2.23. The van der Waals surface area contributed by atoms with Crippen LogP contribution in [-0.2, 0) is 4.79 Å². The van der Waals surface area contributed by atoms with Gasteiger partial charge in [-0.15, -0.1) is 0 Å². The van der Waals surface area contributed by atoms with E-state index in [1.165, 1.54) is 0 Å². The van der Waals surface area contributed by atoms with E-state index in [2.05, 4.69) is 21.2 Å². The quantitative estimate of drug-likeness (QED) is 0.877. The second-order valence-corrected chi connectivity index (χ2v) is 5.52. The lowest BCUT2D eigenvalue weighted by atomic mass is 10.0. The van der Waals surface area contributed by atoms with Gasteiger partial charge in [-0.05, 0) is 37.6 Å². The fourth-order valence-electron chi connectivity index (χ4n) is 2.29. The summed E-state index contributed by atoms with van der Waals surface area (Å²) < 4.78 is 0.936. The molecule has 0 aliphatic carbocycles. The van der Waals surface area contributed by atoms with Gasteiger partial charge in [-0.1, -0.05) is 15.9 Å². The van der Waals surface area contributed by atoms with Gasteiger partial charge in [-0.25, -0.2) is 4.79 Å². The summed E-state index contributed by atoms with van der Waals surface area (Å²) in [5.74, 6) is -1.32. The number of amides is 2. The molecule has 2 N–H and O–H groups in total. The third-order valence-corrected chi connectivity index (χ3v) is 3.96. The molecule has 102 valence electrons. The second kappa shape index (κ2) is 5.61. The number of carboxylic acid groups (broad SMARTS) is 1. The SMILES string of the molecule is CC1C(C(=O)O)CCN1C(=O)Nc1ccc(Br)cc1. The van der Waals surface area contributed by atoms with Crippen LogP contribution < -0.4 is 5.32 Å². The largest absolute Gasteiger partial charge is 0.481 e. The number of nitrogens with one attached hydrogen (secondary N) is 1. The Morgan fingerprint density at radius 2 is 2.00 bits per heavy atom. The first-order valence-corrected chi connectivity index (χ1v) is 6.84. The number of rotatable bonds is 2. The van der Waals surface area contributed by atoms with E-state index in [1.807, 2.05) is 12.1 Å². The van der Waals surface area contributed by atoms with Crippen LogP contribution in [0.25, 0.3) is 0 Å². The van der Waals surface area contributed by atoms with E-state index in [9.17, 15) is 9.59 Å². The molecule has 19 heavy (non-hydrogen) atoms. The molecule has 1 saturated heterocycles. The number of nitrogens with zero attached hydrogens (tertiary/aromatic N) is 1. The maximum absolute atomic E-state index is 12.1. The summed E-state index contributed by atoms with van der Waals surface area (Å²) >= 11 is 3.32. The topological polar surface area (TPSA) is 69.6 Å². The fourth-order valence-corrected chi connectivity index (χ4v) is 2.55. The molecule has 2 unspecified atom stereocenters. The monoisotopic (exact) mass is 326 g/mol. The first kappa shape index (κ1) is 13.9. The van der Waals surface area contributed by atoms with Gasteiger partial charge in [0, 0.05) is 22.7 Å². The fraction of sp³-hybridized carbons (Fsp3) is 0.385. The number of benzene rings is 1. The summed E-state index contributed by atoms with van der Waals surface area (Å²) in [7, 11) is 0. The van der Waals surface area contributed by atoms with Gasteiger partial charge in [0.15, 0.2) is 0 Å². The van der Waals surface area contributed by atoms with Gasteiger partial charge in [-0.3, -0.25) is 4.79 Å². The molecule has 0 bridgehead atoms. The van der Waals surface area contributed by atoms with Crippen LogP contribution >= 0.6 is 15.9 Å². The molecule has 0 spiro atoms. The van der Waals surface area contributed by atoms with E-state index in [-0.39, 0.29) is 12.1 Å². The zero-order valence-electron chi connectivity index (χ0n) is 10.5. The summed E-state index contributed by atoms with van der Waals surface area (Å²) in [6, 6.07) is 6.72. The average Bonchev–Trinajstić information content (AvgIpc) is 2.74. The minimum atomic E-state index is -0.841. The first-order valence-electron chi connectivity index (χ1n) is 6.05. The van der Waals surface area contributed by atoms with Crippen molar-refractivity contribution in [1.29, 1.82) is 0 Å². The van der Waals surface area contributed by atoms with Crippen LogP contribution in [0, 0.1) is 5.92 Å². The number of carbonyl (C=O) groups excluding carboxylic acids is 1. The van der Waals surface area contributed by atoms with Crippen molar-refractivity contribution in [3.63, 3.8) is 0 Å². The second-order valence-electron chi connectivity index (χ2n) is 4.60. The van der Waals surface area contributed by atoms with E-state index >= 15 is 0 Å². The summed E-state index contributed by atoms with van der Waals surface area (Å²) in [5.41, 5.74) is 0.694. The number of hydrogen-bond acceptors (Lipinski definition) is 2. The summed E-state index contributed by atoms with van der Waals surface area (Å²) in [6.07, 6.45) is 0.504. The van der Waals surface area contributed by atoms with Crippen molar-refractivity contribution in [3.8, 4) is 0 Å². The lowest BCUT2D eigenvalue weighted by Crippen LogP contribution is -2.40. The third kappa shape index (κ3) is 3.07. The molecule has 1 heterocycles. The Bertz CT molecular complexity index is 489. The number of carboxylic acids is 1. The molecule has 1 aromatic carbocycles. The van der Waals surface area contributed by atoms with Gasteiger partial charge in [-0.2, -0.15) is 0 Å². The highest BCUT2D eigenvalue weighted by Gasteiger charge is 2.38. The summed E-state index contributed by atoms with van der Waals surface area (Å²) in [5, 5.41) is 11.8. The van der Waals surface area contributed by atoms with Gasteiger partial charge >= 0.3 is 12.0 Å². The molecule has 0 aromatic heterocycles. The molecule has 0 radical (unpaired) electrons. The Morgan fingerprint density at radius 3 is 2.53 bits per heavy atom. The Balaban J connectivity index is 2.01.